The number of nitrogens with zero attached hydrogens (tertiary/aromatic N) is 1. The van der Waals surface area contributed by atoms with E-state index in [1.807, 2.05) is 0 Å². The third-order valence-corrected chi connectivity index (χ3v) is 4.93. The highest BCUT2D eigenvalue weighted by Gasteiger charge is 2.20. The van der Waals surface area contributed by atoms with E-state index < -0.39 is 15.0 Å². The molecule has 0 radical (unpaired) electrons. The molecule has 9 nitrogen and oxygen atoms in total. The minimum Gasteiger partial charge on any atom is -0.493 e. The predicted molar refractivity (Wildman–Crippen MR) is 101 cm³/mol. The summed E-state index contributed by atoms with van der Waals surface area (Å²) in [7, 11) is -1.39. The van der Waals surface area contributed by atoms with Crippen LogP contribution in [0.15, 0.2) is 53.1 Å². The molecule has 1 amide bonds. The van der Waals surface area contributed by atoms with Gasteiger partial charge in [0.25, 0.3) is 5.91 Å². The Morgan fingerprint density at radius 3 is 2.32 bits per heavy atom. The summed E-state index contributed by atoms with van der Waals surface area (Å²) < 4.78 is 35.3. The number of rotatable bonds is 7. The normalized spacial score (nSPS) is 11.6. The molecule has 0 atom stereocenters. The first kappa shape index (κ1) is 20.9. The van der Waals surface area contributed by atoms with Crippen LogP contribution in [-0.4, -0.2) is 33.4 Å². The van der Waals surface area contributed by atoms with Gasteiger partial charge in [0.05, 0.1) is 12.0 Å². The summed E-state index contributed by atoms with van der Waals surface area (Å²) in [6, 6.07) is 9.46. The van der Waals surface area contributed by atoms with E-state index in [-0.39, 0.29) is 28.0 Å². The Hall–Kier alpha value is -3.40. The third-order valence-electron chi connectivity index (χ3n) is 3.68. The second kappa shape index (κ2) is 8.53. The average molecular weight is 406 g/mol. The van der Waals surface area contributed by atoms with Gasteiger partial charge in [0, 0.05) is 25.6 Å². The van der Waals surface area contributed by atoms with E-state index >= 15 is 0 Å². The highest BCUT2D eigenvalue weighted by Crippen LogP contribution is 2.31. The molecule has 2 rings (SSSR count). The molecule has 0 saturated heterocycles. The molecule has 28 heavy (non-hydrogen) atoms. The van der Waals surface area contributed by atoms with Crippen LogP contribution in [0, 0.1) is 10.1 Å². The molecule has 0 aromatic heterocycles. The Bertz CT molecular complexity index is 1030. The van der Waals surface area contributed by atoms with Crippen molar-refractivity contribution in [3.63, 3.8) is 0 Å². The number of benzene rings is 2. The van der Waals surface area contributed by atoms with Crippen LogP contribution in [0.1, 0.15) is 22.8 Å². The number of carbonyl (C=O) groups excluding carboxylic acids is 1. The molecule has 0 bridgehead atoms. The molecule has 0 spiro atoms. The summed E-state index contributed by atoms with van der Waals surface area (Å²) in [5.74, 6) is -0.329. The fourth-order valence-electron chi connectivity index (χ4n) is 2.22. The van der Waals surface area contributed by atoms with Gasteiger partial charge in [-0.05, 0) is 42.0 Å². The van der Waals surface area contributed by atoms with Gasteiger partial charge in [-0.25, -0.2) is 0 Å². The molecule has 0 unspecified atom stereocenters. The second-order valence-corrected chi connectivity index (χ2v) is 7.14. The van der Waals surface area contributed by atoms with Crippen molar-refractivity contribution in [2.24, 2.45) is 0 Å². The van der Waals surface area contributed by atoms with Crippen molar-refractivity contribution in [1.29, 1.82) is 0 Å². The average Bonchev–Trinajstić information content (AvgIpc) is 2.68. The standard InChI is InChI=1S/C18H18N2O7S/c1-12(20(22)23)10-13-4-9-16(17(11-13)26-3)27-28(24,25)15-7-5-14(6-8-15)18(21)19-2/h4-11H,1-3H3,(H,19,21)/b12-10+. The van der Waals surface area contributed by atoms with Gasteiger partial charge < -0.3 is 14.2 Å². The molecule has 0 saturated carbocycles. The number of methoxy groups -OCH3 is 1. The van der Waals surface area contributed by atoms with Crippen LogP contribution in [0.25, 0.3) is 6.08 Å². The van der Waals surface area contributed by atoms with Crippen molar-refractivity contribution in [3.05, 3.63) is 69.4 Å². The van der Waals surface area contributed by atoms with Crippen LogP contribution < -0.4 is 14.2 Å². The summed E-state index contributed by atoms with van der Waals surface area (Å²) in [5.41, 5.74) is 0.668. The minimum atomic E-state index is -4.18. The van der Waals surface area contributed by atoms with E-state index in [1.54, 1.807) is 0 Å². The zero-order valence-corrected chi connectivity index (χ0v) is 16.1. The van der Waals surface area contributed by atoms with Crippen molar-refractivity contribution in [1.82, 2.24) is 5.32 Å². The Balaban J connectivity index is 2.31. The minimum absolute atomic E-state index is 0.0752. The Labute approximate surface area is 161 Å². The molecule has 0 aliphatic rings. The van der Waals surface area contributed by atoms with Crippen molar-refractivity contribution in [2.75, 3.05) is 14.2 Å². The van der Waals surface area contributed by atoms with Gasteiger partial charge in [0.15, 0.2) is 11.5 Å². The monoisotopic (exact) mass is 406 g/mol. The smallest absolute Gasteiger partial charge is 0.339 e. The highest BCUT2D eigenvalue weighted by atomic mass is 32.2. The largest absolute Gasteiger partial charge is 0.493 e. The maximum Gasteiger partial charge on any atom is 0.339 e. The lowest BCUT2D eigenvalue weighted by molar-refractivity contribution is -0.422. The number of hydrogen-bond donors (Lipinski definition) is 1. The maximum atomic E-state index is 12.5. The number of nitro groups is 1. The van der Waals surface area contributed by atoms with Gasteiger partial charge in [0.2, 0.25) is 5.70 Å². The molecule has 1 N–H and O–H groups in total. The van der Waals surface area contributed by atoms with Gasteiger partial charge in [0.1, 0.15) is 4.90 Å². The van der Waals surface area contributed by atoms with Crippen molar-refractivity contribution >= 4 is 22.1 Å². The van der Waals surface area contributed by atoms with E-state index in [9.17, 15) is 23.3 Å². The summed E-state index contributed by atoms with van der Waals surface area (Å²) in [5, 5.41) is 13.2. The van der Waals surface area contributed by atoms with E-state index in [0.717, 1.165) is 0 Å². The van der Waals surface area contributed by atoms with Crippen LogP contribution in [0.5, 0.6) is 11.5 Å². The van der Waals surface area contributed by atoms with E-state index in [2.05, 4.69) is 5.32 Å². The summed E-state index contributed by atoms with van der Waals surface area (Å²) in [6.45, 7) is 1.34. The van der Waals surface area contributed by atoms with Crippen LogP contribution in [0.4, 0.5) is 0 Å². The van der Waals surface area contributed by atoms with Crippen LogP contribution in [-0.2, 0) is 10.1 Å². The zero-order valence-electron chi connectivity index (χ0n) is 15.3. The second-order valence-electron chi connectivity index (χ2n) is 5.59. The van der Waals surface area contributed by atoms with Crippen molar-refractivity contribution < 1.29 is 27.1 Å². The van der Waals surface area contributed by atoms with Gasteiger partial charge in [-0.15, -0.1) is 0 Å². The first-order chi connectivity index (χ1) is 13.2. The van der Waals surface area contributed by atoms with E-state index in [1.165, 1.54) is 69.6 Å². The number of allylic oxidation sites excluding steroid dienone is 1. The van der Waals surface area contributed by atoms with Crippen LogP contribution in [0.2, 0.25) is 0 Å². The van der Waals surface area contributed by atoms with E-state index in [0.29, 0.717) is 11.1 Å². The first-order valence-corrected chi connectivity index (χ1v) is 9.36. The Morgan fingerprint density at radius 2 is 1.79 bits per heavy atom. The predicted octanol–water partition coefficient (Wildman–Crippen LogP) is 2.46. The molecule has 0 fully saturated rings. The summed E-state index contributed by atoms with van der Waals surface area (Å²) in [4.78, 5) is 21.6. The summed E-state index contributed by atoms with van der Waals surface area (Å²) >= 11 is 0. The number of carbonyl (C=O) groups is 1. The Morgan fingerprint density at radius 1 is 1.14 bits per heavy atom. The SMILES string of the molecule is CNC(=O)c1ccc(S(=O)(=O)Oc2ccc(/C=C(\C)[N+](=O)[O-])cc2OC)cc1. The van der Waals surface area contributed by atoms with Gasteiger partial charge >= 0.3 is 10.1 Å². The number of nitrogens with one attached hydrogen (secondary N) is 1. The molecule has 2 aromatic rings. The fraction of sp³-hybridized carbons (Fsp3) is 0.167. The molecule has 0 heterocycles. The maximum absolute atomic E-state index is 12.5. The number of ether oxygens (including phenoxy) is 1. The molecule has 148 valence electrons. The molecule has 10 heteroatoms. The molecule has 0 aliphatic carbocycles. The van der Waals surface area contributed by atoms with Crippen molar-refractivity contribution in [3.8, 4) is 11.5 Å². The fourth-order valence-corrected chi connectivity index (χ4v) is 3.16. The van der Waals surface area contributed by atoms with Crippen LogP contribution >= 0.6 is 0 Å². The van der Waals surface area contributed by atoms with E-state index in [4.69, 9.17) is 8.92 Å². The molecule has 0 aliphatic heterocycles. The highest BCUT2D eigenvalue weighted by molar-refractivity contribution is 7.87. The van der Waals surface area contributed by atoms with Crippen molar-refractivity contribution in [2.45, 2.75) is 11.8 Å². The quantitative estimate of drug-likeness (QED) is 0.425. The lowest BCUT2D eigenvalue weighted by atomic mass is 10.2. The van der Waals surface area contributed by atoms with Crippen LogP contribution in [0.3, 0.4) is 0 Å². The Kier molecular flexibility index (Phi) is 6.37. The lowest BCUT2D eigenvalue weighted by Gasteiger charge is -2.11. The topological polar surface area (TPSA) is 125 Å². The zero-order chi connectivity index (χ0) is 20.9. The molecular weight excluding hydrogens is 388 g/mol. The third kappa shape index (κ3) is 4.86. The molecule has 2 aromatic carbocycles. The number of amides is 1. The first-order valence-electron chi connectivity index (χ1n) is 7.95. The number of hydrogen-bond acceptors (Lipinski definition) is 7. The van der Waals surface area contributed by atoms with Gasteiger partial charge in [-0.1, -0.05) is 6.07 Å². The van der Waals surface area contributed by atoms with Gasteiger partial charge in [-0.3, -0.25) is 14.9 Å². The summed E-state index contributed by atoms with van der Waals surface area (Å²) in [6.07, 6.45) is 1.32. The van der Waals surface area contributed by atoms with Gasteiger partial charge in [-0.2, -0.15) is 8.42 Å². The molecular formula is C18H18N2O7S. The lowest BCUT2D eigenvalue weighted by Crippen LogP contribution is -2.18.